The molecule has 0 amide bonds. The van der Waals surface area contributed by atoms with Crippen molar-refractivity contribution in [2.45, 2.75) is 43.0 Å². The summed E-state index contributed by atoms with van der Waals surface area (Å²) >= 11 is 0. The summed E-state index contributed by atoms with van der Waals surface area (Å²) in [4.78, 5) is 0. The molecule has 35 heavy (non-hydrogen) atoms. The zero-order valence-corrected chi connectivity index (χ0v) is 19.9. The van der Waals surface area contributed by atoms with Crippen molar-refractivity contribution in [3.63, 3.8) is 0 Å². The molecule has 5 rings (SSSR count). The largest absolute Gasteiger partial charge is 0.378 e. The molecule has 0 radical (unpaired) electrons. The minimum absolute atomic E-state index is 0.658. The maximum atomic E-state index is 12.6. The minimum Gasteiger partial charge on any atom is -0.378 e. The molecule has 0 aromatic heterocycles. The van der Waals surface area contributed by atoms with E-state index in [0.29, 0.717) is 22.3 Å². The van der Waals surface area contributed by atoms with Crippen molar-refractivity contribution in [1.82, 2.24) is 0 Å². The fraction of sp³-hybridized carbons (Fsp3) is 0.226. The van der Waals surface area contributed by atoms with Gasteiger partial charge in [-0.3, -0.25) is 0 Å². The summed E-state index contributed by atoms with van der Waals surface area (Å²) in [6, 6.07) is 37.8. The van der Waals surface area contributed by atoms with Gasteiger partial charge in [0.15, 0.2) is 5.79 Å². The molecule has 1 saturated heterocycles. The van der Waals surface area contributed by atoms with Crippen LogP contribution in [0.3, 0.4) is 0 Å². The highest BCUT2D eigenvalue weighted by Gasteiger charge is 2.61. The second-order valence-corrected chi connectivity index (χ2v) is 9.47. The van der Waals surface area contributed by atoms with Gasteiger partial charge in [0.25, 0.3) is 0 Å². The third-order valence-corrected chi connectivity index (χ3v) is 6.78. The van der Waals surface area contributed by atoms with Gasteiger partial charge in [0.1, 0.15) is 23.4 Å². The third kappa shape index (κ3) is 4.09. The molecule has 4 aromatic carbocycles. The van der Waals surface area contributed by atoms with Crippen molar-refractivity contribution in [3.8, 4) is 0 Å². The molecule has 4 nitrogen and oxygen atoms in total. The highest BCUT2D eigenvalue weighted by molar-refractivity contribution is 5.43. The number of ether oxygens (including phenoxy) is 2. The molecule has 0 aliphatic carbocycles. The molecule has 2 atom stereocenters. The molecule has 2 N–H and O–H groups in total. The Bertz CT molecular complexity index is 1060. The fourth-order valence-electron chi connectivity index (χ4n) is 5.13. The molecule has 1 fully saturated rings. The van der Waals surface area contributed by atoms with Gasteiger partial charge in [-0.05, 0) is 36.1 Å². The highest BCUT2D eigenvalue weighted by atomic mass is 16.8. The molecule has 0 bridgehead atoms. The Morgan fingerprint density at radius 1 is 0.486 bits per heavy atom. The van der Waals surface area contributed by atoms with Gasteiger partial charge >= 0.3 is 0 Å². The van der Waals surface area contributed by atoms with E-state index in [0.717, 1.165) is 0 Å². The lowest BCUT2D eigenvalue weighted by atomic mass is 9.72. The maximum Gasteiger partial charge on any atom is 0.164 e. The summed E-state index contributed by atoms with van der Waals surface area (Å²) in [7, 11) is 0. The van der Waals surface area contributed by atoms with Crippen LogP contribution in [0.2, 0.25) is 0 Å². The predicted octanol–water partition coefficient (Wildman–Crippen LogP) is 5.38. The summed E-state index contributed by atoms with van der Waals surface area (Å²) < 4.78 is 13.0. The lowest BCUT2D eigenvalue weighted by molar-refractivity contribution is -0.172. The van der Waals surface area contributed by atoms with Crippen LogP contribution in [0.25, 0.3) is 0 Å². The van der Waals surface area contributed by atoms with Crippen LogP contribution >= 0.6 is 0 Å². The Kier molecular flexibility index (Phi) is 6.07. The SMILES string of the molecule is CC1(C)O[C@@H](C(O)(c2ccccc2)c2ccccc2)[C@H](C(O)(c2ccccc2)c2ccccc2)O1. The number of hydrogen-bond donors (Lipinski definition) is 2. The summed E-state index contributed by atoms with van der Waals surface area (Å²) in [5.41, 5.74) is -0.564. The smallest absolute Gasteiger partial charge is 0.164 e. The first-order chi connectivity index (χ1) is 16.9. The van der Waals surface area contributed by atoms with E-state index < -0.39 is 29.2 Å². The maximum absolute atomic E-state index is 12.6. The Balaban J connectivity index is 1.76. The van der Waals surface area contributed by atoms with Gasteiger partial charge in [-0.25, -0.2) is 0 Å². The number of aliphatic hydroxyl groups is 2. The van der Waals surface area contributed by atoms with E-state index in [9.17, 15) is 10.2 Å². The standard InChI is InChI=1S/C31H30O4/c1-29(2)34-27(30(32,23-15-7-3-8-16-23)24-17-9-4-10-18-24)28(35-29)31(33,25-19-11-5-12-20-25)26-21-13-6-14-22-26/h3-22,27-28,32-33H,1-2H3/t27-,28-/m1/s1. The van der Waals surface area contributed by atoms with E-state index in [2.05, 4.69) is 0 Å². The van der Waals surface area contributed by atoms with E-state index >= 15 is 0 Å². The van der Waals surface area contributed by atoms with E-state index in [1.807, 2.05) is 135 Å². The van der Waals surface area contributed by atoms with Gasteiger partial charge in [-0.1, -0.05) is 121 Å². The molecule has 1 heterocycles. The Morgan fingerprint density at radius 2 is 0.714 bits per heavy atom. The van der Waals surface area contributed by atoms with Gasteiger partial charge in [0.2, 0.25) is 0 Å². The Hall–Kier alpha value is -3.28. The average molecular weight is 467 g/mol. The van der Waals surface area contributed by atoms with Crippen molar-refractivity contribution in [2.24, 2.45) is 0 Å². The monoisotopic (exact) mass is 466 g/mol. The second-order valence-electron chi connectivity index (χ2n) is 9.47. The van der Waals surface area contributed by atoms with Crippen LogP contribution in [-0.4, -0.2) is 28.2 Å². The highest BCUT2D eigenvalue weighted by Crippen LogP contribution is 2.50. The van der Waals surface area contributed by atoms with E-state index in [1.165, 1.54) is 0 Å². The van der Waals surface area contributed by atoms with Crippen LogP contribution in [0, 0.1) is 0 Å². The van der Waals surface area contributed by atoms with Crippen molar-refractivity contribution in [2.75, 3.05) is 0 Å². The molecule has 1 aliphatic heterocycles. The second kappa shape index (κ2) is 9.06. The summed E-state index contributed by atoms with van der Waals surface area (Å²) in [5, 5.41) is 25.2. The fourth-order valence-corrected chi connectivity index (χ4v) is 5.13. The summed E-state index contributed by atoms with van der Waals surface area (Å²) in [6.45, 7) is 3.62. The quantitative estimate of drug-likeness (QED) is 0.401. The van der Waals surface area contributed by atoms with Crippen molar-refractivity contribution < 1.29 is 19.7 Å². The van der Waals surface area contributed by atoms with Crippen LogP contribution in [0.1, 0.15) is 36.1 Å². The molecular weight excluding hydrogens is 436 g/mol. The predicted molar refractivity (Wildman–Crippen MR) is 136 cm³/mol. The van der Waals surface area contributed by atoms with Crippen molar-refractivity contribution in [1.29, 1.82) is 0 Å². The molecular formula is C31H30O4. The Labute approximate surface area is 206 Å². The van der Waals surface area contributed by atoms with E-state index in [1.54, 1.807) is 0 Å². The molecule has 178 valence electrons. The third-order valence-electron chi connectivity index (χ3n) is 6.78. The first-order valence-electron chi connectivity index (χ1n) is 11.9. The number of rotatable bonds is 6. The minimum atomic E-state index is -1.60. The van der Waals surface area contributed by atoms with Crippen LogP contribution < -0.4 is 0 Å². The van der Waals surface area contributed by atoms with E-state index in [-0.39, 0.29) is 0 Å². The van der Waals surface area contributed by atoms with Crippen molar-refractivity contribution in [3.05, 3.63) is 144 Å². The van der Waals surface area contributed by atoms with Crippen molar-refractivity contribution >= 4 is 0 Å². The van der Waals surface area contributed by atoms with Gasteiger partial charge in [0, 0.05) is 0 Å². The van der Waals surface area contributed by atoms with Crippen LogP contribution in [-0.2, 0) is 20.7 Å². The lowest BCUT2D eigenvalue weighted by Gasteiger charge is -2.42. The summed E-state index contributed by atoms with van der Waals surface area (Å²) in [6.07, 6.45) is -1.87. The average Bonchev–Trinajstić information content (AvgIpc) is 3.26. The molecule has 4 aromatic rings. The number of benzene rings is 4. The van der Waals surface area contributed by atoms with Gasteiger partial charge in [0.05, 0.1) is 0 Å². The molecule has 0 spiro atoms. The van der Waals surface area contributed by atoms with Gasteiger partial charge in [-0.2, -0.15) is 0 Å². The molecule has 0 unspecified atom stereocenters. The lowest BCUT2D eigenvalue weighted by Crippen LogP contribution is -2.54. The molecule has 0 saturated carbocycles. The Morgan fingerprint density at radius 3 is 0.943 bits per heavy atom. The summed E-state index contributed by atoms with van der Waals surface area (Å²) in [5.74, 6) is -1.05. The molecule has 4 heteroatoms. The van der Waals surface area contributed by atoms with Crippen LogP contribution in [0.5, 0.6) is 0 Å². The number of hydrogen-bond acceptors (Lipinski definition) is 4. The zero-order valence-electron chi connectivity index (χ0n) is 19.9. The van der Waals surface area contributed by atoms with Gasteiger partial charge in [-0.15, -0.1) is 0 Å². The first-order valence-corrected chi connectivity index (χ1v) is 11.9. The van der Waals surface area contributed by atoms with E-state index in [4.69, 9.17) is 9.47 Å². The first kappa shape index (κ1) is 23.5. The zero-order chi connectivity index (χ0) is 24.5. The topological polar surface area (TPSA) is 58.9 Å². The van der Waals surface area contributed by atoms with Crippen LogP contribution in [0.4, 0.5) is 0 Å². The van der Waals surface area contributed by atoms with Crippen LogP contribution in [0.15, 0.2) is 121 Å². The normalized spacial score (nSPS) is 20.0. The van der Waals surface area contributed by atoms with Gasteiger partial charge < -0.3 is 19.7 Å². The molecule has 1 aliphatic rings.